The first-order valence-corrected chi connectivity index (χ1v) is 7.23. The molecule has 2 aromatic carbocycles. The average molecular weight is 289 g/mol. The Bertz CT molecular complexity index is 880. The summed E-state index contributed by atoms with van der Waals surface area (Å²) in [4.78, 5) is 12.4. The predicted molar refractivity (Wildman–Crippen MR) is 85.8 cm³/mol. The number of aryl methyl sites for hydroxylation is 1. The Labute approximate surface area is 128 Å². The van der Waals surface area contributed by atoms with E-state index in [-0.39, 0.29) is 5.91 Å². The van der Waals surface area contributed by atoms with Crippen molar-refractivity contribution in [1.29, 1.82) is 0 Å². The minimum Gasteiger partial charge on any atom is -0.307 e. The number of rotatable bonds is 2. The van der Waals surface area contributed by atoms with Gasteiger partial charge in [-0.1, -0.05) is 30.3 Å². The second-order valence-corrected chi connectivity index (χ2v) is 5.50. The fourth-order valence-electron chi connectivity index (χ4n) is 2.97. The number of carbonyl (C=O) groups excluding carboxylic acids is 1. The molecule has 1 aliphatic carbocycles. The molecule has 1 amide bonds. The van der Waals surface area contributed by atoms with Crippen molar-refractivity contribution in [2.45, 2.75) is 6.42 Å². The Balaban J connectivity index is 1.64. The first-order valence-electron chi connectivity index (χ1n) is 7.23. The quantitative estimate of drug-likeness (QED) is 0.616. The van der Waals surface area contributed by atoms with Crippen LogP contribution >= 0.6 is 0 Å². The molecule has 0 bridgehead atoms. The summed E-state index contributed by atoms with van der Waals surface area (Å²) in [6.45, 7) is 0. The van der Waals surface area contributed by atoms with E-state index in [0.717, 1.165) is 6.42 Å². The van der Waals surface area contributed by atoms with Crippen LogP contribution in [0.25, 0.3) is 11.1 Å². The predicted octanol–water partition coefficient (Wildman–Crippen LogP) is 3.24. The minimum atomic E-state index is -0.109. The molecule has 1 aromatic heterocycles. The summed E-state index contributed by atoms with van der Waals surface area (Å²) >= 11 is 0. The summed E-state index contributed by atoms with van der Waals surface area (Å²) in [6, 6.07) is 16.1. The van der Waals surface area contributed by atoms with Crippen LogP contribution in [0.3, 0.4) is 0 Å². The van der Waals surface area contributed by atoms with Gasteiger partial charge in [0, 0.05) is 18.7 Å². The van der Waals surface area contributed by atoms with Gasteiger partial charge in [-0.2, -0.15) is 5.10 Å². The topological polar surface area (TPSA) is 46.9 Å². The van der Waals surface area contributed by atoms with Crippen LogP contribution in [0, 0.1) is 0 Å². The number of nitrogens with one attached hydrogen (secondary N) is 1. The molecular weight excluding hydrogens is 274 g/mol. The van der Waals surface area contributed by atoms with Crippen LogP contribution in [-0.2, 0) is 13.5 Å². The Morgan fingerprint density at radius 2 is 1.91 bits per heavy atom. The number of hydrogen-bond acceptors (Lipinski definition) is 2. The third kappa shape index (κ3) is 2.00. The van der Waals surface area contributed by atoms with Crippen LogP contribution in [0.1, 0.15) is 21.5 Å². The molecule has 0 aliphatic heterocycles. The maximum atomic E-state index is 12.4. The van der Waals surface area contributed by atoms with Crippen LogP contribution < -0.4 is 5.32 Å². The lowest BCUT2D eigenvalue weighted by Crippen LogP contribution is -2.14. The number of amides is 1. The van der Waals surface area contributed by atoms with Crippen LogP contribution in [0.2, 0.25) is 0 Å². The second kappa shape index (κ2) is 4.84. The summed E-state index contributed by atoms with van der Waals surface area (Å²) in [5, 5.41) is 6.93. The number of anilines is 1. The molecule has 0 radical (unpaired) electrons. The van der Waals surface area contributed by atoms with Gasteiger partial charge in [0.2, 0.25) is 0 Å². The zero-order valence-corrected chi connectivity index (χ0v) is 12.2. The molecule has 4 rings (SSSR count). The molecule has 1 heterocycles. The van der Waals surface area contributed by atoms with Gasteiger partial charge in [0.25, 0.3) is 5.91 Å². The van der Waals surface area contributed by atoms with Gasteiger partial charge in [-0.25, -0.2) is 0 Å². The summed E-state index contributed by atoms with van der Waals surface area (Å²) in [6.07, 6.45) is 2.55. The lowest BCUT2D eigenvalue weighted by atomic mass is 10.0. The zero-order chi connectivity index (χ0) is 15.1. The standard InChI is InChI=1S/C18H15N3O/c1-21-17(8-9-19-21)20-18(22)13-6-7-16-14(11-13)10-12-4-2-3-5-15(12)16/h2-9,11H,10H2,1H3,(H,20,22). The van der Waals surface area contributed by atoms with Gasteiger partial charge in [0.1, 0.15) is 5.82 Å². The molecule has 4 heteroatoms. The number of benzene rings is 2. The molecule has 0 fully saturated rings. The van der Waals surface area contributed by atoms with E-state index in [1.165, 1.54) is 22.3 Å². The monoisotopic (exact) mass is 289 g/mol. The molecule has 22 heavy (non-hydrogen) atoms. The SMILES string of the molecule is Cn1nccc1NC(=O)c1ccc2c(c1)Cc1ccccc1-2. The number of nitrogens with zero attached hydrogens (tertiary/aromatic N) is 2. The summed E-state index contributed by atoms with van der Waals surface area (Å²) < 4.78 is 1.64. The molecule has 108 valence electrons. The third-order valence-corrected chi connectivity index (χ3v) is 4.12. The van der Waals surface area contributed by atoms with Gasteiger partial charge < -0.3 is 5.32 Å². The van der Waals surface area contributed by atoms with Gasteiger partial charge in [-0.05, 0) is 40.8 Å². The van der Waals surface area contributed by atoms with Gasteiger partial charge in [-0.15, -0.1) is 0 Å². The van der Waals surface area contributed by atoms with Crippen molar-refractivity contribution >= 4 is 11.7 Å². The molecule has 0 atom stereocenters. The maximum absolute atomic E-state index is 12.4. The van der Waals surface area contributed by atoms with E-state index in [1.54, 1.807) is 24.0 Å². The van der Waals surface area contributed by atoms with Gasteiger partial charge in [-0.3, -0.25) is 9.48 Å². The molecule has 0 saturated heterocycles. The van der Waals surface area contributed by atoms with Gasteiger partial charge >= 0.3 is 0 Å². The van der Waals surface area contributed by atoms with Crippen LogP contribution in [0.4, 0.5) is 5.82 Å². The molecule has 3 aromatic rings. The van der Waals surface area contributed by atoms with Crippen molar-refractivity contribution in [1.82, 2.24) is 9.78 Å². The van der Waals surface area contributed by atoms with E-state index in [2.05, 4.69) is 34.7 Å². The average Bonchev–Trinajstić information content (AvgIpc) is 3.10. The normalized spacial score (nSPS) is 11.9. The Kier molecular flexibility index (Phi) is 2.82. The second-order valence-electron chi connectivity index (χ2n) is 5.50. The number of hydrogen-bond donors (Lipinski definition) is 1. The molecule has 0 unspecified atom stereocenters. The van der Waals surface area contributed by atoms with Crippen molar-refractivity contribution in [3.8, 4) is 11.1 Å². The van der Waals surface area contributed by atoms with Crippen molar-refractivity contribution < 1.29 is 4.79 Å². The van der Waals surface area contributed by atoms with E-state index in [0.29, 0.717) is 11.4 Å². The molecule has 1 N–H and O–H groups in total. The molecule has 0 spiro atoms. The van der Waals surface area contributed by atoms with E-state index < -0.39 is 0 Å². The van der Waals surface area contributed by atoms with E-state index in [1.807, 2.05) is 18.2 Å². The molecule has 4 nitrogen and oxygen atoms in total. The molecular formula is C18H15N3O. The lowest BCUT2D eigenvalue weighted by molar-refractivity contribution is 0.102. The first-order chi connectivity index (χ1) is 10.7. The van der Waals surface area contributed by atoms with Crippen LogP contribution in [-0.4, -0.2) is 15.7 Å². The number of fused-ring (bicyclic) bond motifs is 3. The van der Waals surface area contributed by atoms with Gasteiger partial charge in [0.05, 0.1) is 6.20 Å². The van der Waals surface area contributed by atoms with Crippen LogP contribution in [0.15, 0.2) is 54.7 Å². The van der Waals surface area contributed by atoms with E-state index in [9.17, 15) is 4.79 Å². The third-order valence-electron chi connectivity index (χ3n) is 4.12. The smallest absolute Gasteiger partial charge is 0.256 e. The largest absolute Gasteiger partial charge is 0.307 e. The maximum Gasteiger partial charge on any atom is 0.256 e. The lowest BCUT2D eigenvalue weighted by Gasteiger charge is -2.07. The Morgan fingerprint density at radius 3 is 2.73 bits per heavy atom. The first kappa shape index (κ1) is 12.8. The molecule has 0 saturated carbocycles. The Morgan fingerprint density at radius 1 is 1.09 bits per heavy atom. The van der Waals surface area contributed by atoms with Crippen molar-refractivity contribution in [3.05, 3.63) is 71.4 Å². The summed E-state index contributed by atoms with van der Waals surface area (Å²) in [5.41, 5.74) is 5.71. The summed E-state index contributed by atoms with van der Waals surface area (Å²) in [5.74, 6) is 0.580. The number of carbonyl (C=O) groups is 1. The summed E-state index contributed by atoms with van der Waals surface area (Å²) in [7, 11) is 1.80. The molecule has 1 aliphatic rings. The highest BCUT2D eigenvalue weighted by molar-refractivity contribution is 6.04. The Hall–Kier alpha value is -2.88. The fourth-order valence-corrected chi connectivity index (χ4v) is 2.97. The highest BCUT2D eigenvalue weighted by Gasteiger charge is 2.19. The van der Waals surface area contributed by atoms with Crippen molar-refractivity contribution in [2.75, 3.05) is 5.32 Å². The van der Waals surface area contributed by atoms with E-state index in [4.69, 9.17) is 0 Å². The highest BCUT2D eigenvalue weighted by atomic mass is 16.1. The van der Waals surface area contributed by atoms with Crippen molar-refractivity contribution in [3.63, 3.8) is 0 Å². The van der Waals surface area contributed by atoms with Gasteiger partial charge in [0.15, 0.2) is 0 Å². The highest BCUT2D eigenvalue weighted by Crippen LogP contribution is 2.36. The van der Waals surface area contributed by atoms with E-state index >= 15 is 0 Å². The zero-order valence-electron chi connectivity index (χ0n) is 12.2. The van der Waals surface area contributed by atoms with Crippen molar-refractivity contribution in [2.24, 2.45) is 7.05 Å². The fraction of sp³-hybridized carbons (Fsp3) is 0.111. The number of aromatic nitrogens is 2. The minimum absolute atomic E-state index is 0.109. The van der Waals surface area contributed by atoms with Crippen LogP contribution in [0.5, 0.6) is 0 Å².